The largest absolute Gasteiger partial charge is 0.327 e. The van der Waals surface area contributed by atoms with Crippen molar-refractivity contribution in [2.24, 2.45) is 23.7 Å². The summed E-state index contributed by atoms with van der Waals surface area (Å²) in [6, 6.07) is 0.273. The van der Waals surface area contributed by atoms with Crippen LogP contribution in [0.2, 0.25) is 0 Å². The molecular formula is C16H28N2O. The molecule has 0 radical (unpaired) electrons. The van der Waals surface area contributed by atoms with Crippen LogP contribution in [0.5, 0.6) is 0 Å². The van der Waals surface area contributed by atoms with Crippen LogP contribution in [0.25, 0.3) is 0 Å². The fraction of sp³-hybridized carbons (Fsp3) is 0.938. The Labute approximate surface area is 117 Å². The minimum atomic E-state index is 0.273. The number of fused-ring (bicyclic) bond motifs is 2. The van der Waals surface area contributed by atoms with Gasteiger partial charge in [-0.15, -0.1) is 0 Å². The third-order valence-electron chi connectivity index (χ3n) is 5.65. The summed E-state index contributed by atoms with van der Waals surface area (Å²) in [7, 11) is 2.01. The average Bonchev–Trinajstić information content (AvgIpc) is 3.00. The van der Waals surface area contributed by atoms with Crippen LogP contribution < -0.4 is 0 Å². The summed E-state index contributed by atoms with van der Waals surface area (Å²) < 4.78 is 0. The Morgan fingerprint density at radius 1 is 1.26 bits per heavy atom. The van der Waals surface area contributed by atoms with E-state index in [1.807, 2.05) is 11.9 Å². The van der Waals surface area contributed by atoms with Crippen LogP contribution in [-0.2, 0) is 0 Å². The van der Waals surface area contributed by atoms with Gasteiger partial charge in [0.1, 0.15) is 0 Å². The lowest BCUT2D eigenvalue weighted by Crippen LogP contribution is -2.47. The van der Waals surface area contributed by atoms with Crippen molar-refractivity contribution in [1.29, 1.82) is 0 Å². The summed E-state index contributed by atoms with van der Waals surface area (Å²) in [6.07, 6.45) is 8.13. The third kappa shape index (κ3) is 2.75. The maximum Gasteiger partial charge on any atom is 0.319 e. The Kier molecular flexibility index (Phi) is 3.72. The molecule has 2 saturated carbocycles. The van der Waals surface area contributed by atoms with E-state index in [0.29, 0.717) is 5.92 Å². The lowest BCUT2D eigenvalue weighted by molar-refractivity contribution is 0.128. The number of piperidine rings is 1. The molecule has 19 heavy (non-hydrogen) atoms. The first-order valence-electron chi connectivity index (χ1n) is 8.13. The van der Waals surface area contributed by atoms with E-state index < -0.39 is 0 Å². The van der Waals surface area contributed by atoms with Crippen molar-refractivity contribution in [3.05, 3.63) is 0 Å². The predicted molar refractivity (Wildman–Crippen MR) is 76.9 cm³/mol. The summed E-state index contributed by atoms with van der Waals surface area (Å²) >= 11 is 0. The molecule has 3 nitrogen and oxygen atoms in total. The zero-order chi connectivity index (χ0) is 13.4. The van der Waals surface area contributed by atoms with Gasteiger partial charge < -0.3 is 9.80 Å². The Morgan fingerprint density at radius 2 is 2.11 bits per heavy atom. The number of nitrogens with zero attached hydrogens (tertiary/aromatic N) is 2. The van der Waals surface area contributed by atoms with Crippen molar-refractivity contribution in [3.63, 3.8) is 0 Å². The molecule has 108 valence electrons. The second kappa shape index (κ2) is 5.34. The van der Waals surface area contributed by atoms with Crippen LogP contribution in [0, 0.1) is 23.7 Å². The molecular weight excluding hydrogens is 236 g/mol. The number of urea groups is 1. The van der Waals surface area contributed by atoms with Gasteiger partial charge in [0.25, 0.3) is 0 Å². The maximum atomic E-state index is 12.5. The first-order chi connectivity index (χ1) is 9.13. The van der Waals surface area contributed by atoms with Crippen molar-refractivity contribution in [2.75, 3.05) is 26.7 Å². The number of carbonyl (C=O) groups is 1. The van der Waals surface area contributed by atoms with Gasteiger partial charge in [-0.05, 0) is 55.8 Å². The summed E-state index contributed by atoms with van der Waals surface area (Å²) in [5.41, 5.74) is 0. The topological polar surface area (TPSA) is 23.6 Å². The minimum Gasteiger partial charge on any atom is -0.327 e. The molecule has 0 aromatic heterocycles. The van der Waals surface area contributed by atoms with E-state index in [1.165, 1.54) is 38.5 Å². The lowest BCUT2D eigenvalue weighted by Gasteiger charge is -2.35. The zero-order valence-electron chi connectivity index (χ0n) is 12.5. The molecule has 2 aliphatic carbocycles. The van der Waals surface area contributed by atoms with Gasteiger partial charge >= 0.3 is 6.03 Å². The number of hydrogen-bond donors (Lipinski definition) is 0. The van der Waals surface area contributed by atoms with Gasteiger partial charge in [-0.1, -0.05) is 13.3 Å². The van der Waals surface area contributed by atoms with Gasteiger partial charge in [0.05, 0.1) is 0 Å². The maximum absolute atomic E-state index is 12.5. The van der Waals surface area contributed by atoms with Gasteiger partial charge in [0.15, 0.2) is 0 Å². The molecule has 3 rings (SSSR count). The molecule has 1 aliphatic heterocycles. The highest BCUT2D eigenvalue weighted by Gasteiger charge is 2.40. The van der Waals surface area contributed by atoms with E-state index in [9.17, 15) is 4.79 Å². The molecule has 2 bridgehead atoms. The zero-order valence-corrected chi connectivity index (χ0v) is 12.5. The summed E-state index contributed by atoms with van der Waals surface area (Å²) in [5.74, 6) is 3.36. The van der Waals surface area contributed by atoms with Crippen molar-refractivity contribution in [1.82, 2.24) is 9.80 Å². The van der Waals surface area contributed by atoms with E-state index in [1.54, 1.807) is 0 Å². The van der Waals surface area contributed by atoms with Crippen molar-refractivity contribution < 1.29 is 4.79 Å². The van der Waals surface area contributed by atoms with Gasteiger partial charge in [0, 0.05) is 26.7 Å². The minimum absolute atomic E-state index is 0.273. The van der Waals surface area contributed by atoms with Gasteiger partial charge in [-0.3, -0.25) is 0 Å². The summed E-state index contributed by atoms with van der Waals surface area (Å²) in [6.45, 7) is 5.17. The second-order valence-electron chi connectivity index (χ2n) is 7.29. The summed E-state index contributed by atoms with van der Waals surface area (Å²) in [5, 5.41) is 0. The molecule has 4 atom stereocenters. The van der Waals surface area contributed by atoms with Crippen molar-refractivity contribution >= 4 is 6.03 Å². The first kappa shape index (κ1) is 13.3. The van der Waals surface area contributed by atoms with E-state index in [0.717, 1.165) is 37.4 Å². The van der Waals surface area contributed by atoms with Crippen LogP contribution in [0.15, 0.2) is 0 Å². The average molecular weight is 264 g/mol. The lowest BCUT2D eigenvalue weighted by atomic mass is 9.88. The van der Waals surface area contributed by atoms with Gasteiger partial charge in [-0.25, -0.2) is 4.79 Å². The molecule has 0 N–H and O–H groups in total. The van der Waals surface area contributed by atoms with Crippen LogP contribution in [0.1, 0.15) is 45.4 Å². The van der Waals surface area contributed by atoms with Crippen LogP contribution >= 0.6 is 0 Å². The number of carbonyl (C=O) groups excluding carboxylic acids is 1. The van der Waals surface area contributed by atoms with Crippen molar-refractivity contribution in [2.45, 2.75) is 45.4 Å². The van der Waals surface area contributed by atoms with E-state index in [4.69, 9.17) is 0 Å². The number of likely N-dealkylation sites (tertiary alicyclic amines) is 1. The standard InChI is InChI=1S/C16H28N2O/c1-12-4-3-7-18(10-12)16(19)17(2)11-15-9-13-5-6-14(15)8-13/h12-15H,3-11H2,1-2H3. The van der Waals surface area contributed by atoms with Gasteiger partial charge in [-0.2, -0.15) is 0 Å². The molecule has 4 unspecified atom stereocenters. The van der Waals surface area contributed by atoms with Crippen molar-refractivity contribution in [3.8, 4) is 0 Å². The highest BCUT2D eigenvalue weighted by Crippen LogP contribution is 2.48. The SMILES string of the molecule is CC1CCCN(C(=O)N(C)CC2CC3CCC2C3)C1. The Morgan fingerprint density at radius 3 is 2.74 bits per heavy atom. The number of rotatable bonds is 2. The quantitative estimate of drug-likeness (QED) is 0.751. The third-order valence-corrected chi connectivity index (χ3v) is 5.65. The molecule has 3 fully saturated rings. The van der Waals surface area contributed by atoms with Crippen LogP contribution in [0.4, 0.5) is 4.79 Å². The van der Waals surface area contributed by atoms with E-state index >= 15 is 0 Å². The predicted octanol–water partition coefficient (Wildman–Crippen LogP) is 3.21. The monoisotopic (exact) mass is 264 g/mol. The number of hydrogen-bond acceptors (Lipinski definition) is 1. The normalized spacial score (nSPS) is 37.7. The molecule has 0 aromatic rings. The molecule has 3 heteroatoms. The molecule has 0 aromatic carbocycles. The molecule has 1 heterocycles. The van der Waals surface area contributed by atoms with E-state index in [2.05, 4.69) is 11.8 Å². The first-order valence-corrected chi connectivity index (χ1v) is 8.13. The second-order valence-corrected chi connectivity index (χ2v) is 7.29. The molecule has 0 spiro atoms. The highest BCUT2D eigenvalue weighted by atomic mass is 16.2. The van der Waals surface area contributed by atoms with Crippen LogP contribution in [0.3, 0.4) is 0 Å². The number of amides is 2. The van der Waals surface area contributed by atoms with Gasteiger partial charge in [0.2, 0.25) is 0 Å². The van der Waals surface area contributed by atoms with E-state index in [-0.39, 0.29) is 6.03 Å². The fourth-order valence-electron chi connectivity index (χ4n) is 4.63. The molecule has 2 amide bonds. The Hall–Kier alpha value is -0.730. The highest BCUT2D eigenvalue weighted by molar-refractivity contribution is 5.74. The van der Waals surface area contributed by atoms with Crippen LogP contribution in [-0.4, -0.2) is 42.5 Å². The molecule has 3 aliphatic rings. The molecule has 1 saturated heterocycles. The summed E-state index contributed by atoms with van der Waals surface area (Å²) in [4.78, 5) is 16.6. The Balaban J connectivity index is 1.52. The smallest absolute Gasteiger partial charge is 0.319 e. The fourth-order valence-corrected chi connectivity index (χ4v) is 4.63. The Bertz CT molecular complexity index is 344.